The highest BCUT2D eigenvalue weighted by Gasteiger charge is 2.52. The van der Waals surface area contributed by atoms with E-state index in [1.165, 1.54) is 0 Å². The highest BCUT2D eigenvalue weighted by atomic mass is 35.5. The summed E-state index contributed by atoms with van der Waals surface area (Å²) in [6.07, 6.45) is 2.17. The Bertz CT molecular complexity index is 272. The van der Waals surface area contributed by atoms with Gasteiger partial charge >= 0.3 is 0 Å². The Balaban J connectivity index is 0.00000289. The zero-order valence-electron chi connectivity index (χ0n) is 11.9. The first-order valence-corrected chi connectivity index (χ1v) is 6.60. The van der Waals surface area contributed by atoms with E-state index in [1.54, 1.807) is 0 Å². The number of nitrogens with zero attached hydrogens (tertiary/aromatic N) is 1. The quantitative estimate of drug-likeness (QED) is 0.806. The van der Waals surface area contributed by atoms with E-state index in [0.717, 1.165) is 26.0 Å². The molecule has 1 fully saturated rings. The lowest BCUT2D eigenvalue weighted by Crippen LogP contribution is -2.64. The van der Waals surface area contributed by atoms with E-state index >= 15 is 0 Å². The fraction of sp³-hybridized carbons (Fsp3) is 0.923. The maximum Gasteiger partial charge on any atom is 0.236 e. The van der Waals surface area contributed by atoms with E-state index in [1.807, 2.05) is 11.8 Å². The molecule has 0 aliphatic heterocycles. The van der Waals surface area contributed by atoms with Crippen molar-refractivity contribution in [2.75, 3.05) is 19.7 Å². The molecule has 1 rings (SSSR count). The molecule has 0 saturated heterocycles. The lowest BCUT2D eigenvalue weighted by Gasteiger charge is -2.55. The van der Waals surface area contributed by atoms with Crippen molar-refractivity contribution in [1.29, 1.82) is 0 Å². The van der Waals surface area contributed by atoms with Gasteiger partial charge in [-0.1, -0.05) is 20.8 Å². The van der Waals surface area contributed by atoms with Crippen molar-refractivity contribution in [3.8, 4) is 0 Å². The van der Waals surface area contributed by atoms with Crippen LogP contribution in [0, 0.1) is 5.41 Å². The molecule has 5 heteroatoms. The number of carbonyl (C=O) groups is 1. The third-order valence-electron chi connectivity index (χ3n) is 3.83. The molecule has 0 aromatic rings. The number of hydrogen-bond acceptors (Lipinski definition) is 3. The minimum atomic E-state index is 0. The van der Waals surface area contributed by atoms with E-state index in [9.17, 15) is 4.79 Å². The van der Waals surface area contributed by atoms with Gasteiger partial charge < -0.3 is 15.4 Å². The average Bonchev–Trinajstić information content (AvgIpc) is 2.31. The van der Waals surface area contributed by atoms with Crippen molar-refractivity contribution in [2.45, 2.75) is 52.7 Å². The average molecular weight is 279 g/mol. The van der Waals surface area contributed by atoms with Crippen LogP contribution in [0.3, 0.4) is 0 Å². The van der Waals surface area contributed by atoms with Crippen molar-refractivity contribution < 1.29 is 9.53 Å². The number of carbonyl (C=O) groups excluding carboxylic acids is 1. The molecule has 0 spiro atoms. The molecule has 1 aliphatic carbocycles. The van der Waals surface area contributed by atoms with Crippen LogP contribution in [0.1, 0.15) is 40.5 Å². The normalized spacial score (nSPS) is 24.9. The topological polar surface area (TPSA) is 55.6 Å². The molecule has 1 saturated carbocycles. The molecule has 4 nitrogen and oxygen atoms in total. The molecule has 0 aromatic carbocycles. The summed E-state index contributed by atoms with van der Waals surface area (Å²) in [5, 5.41) is 0. The van der Waals surface area contributed by atoms with Gasteiger partial charge in [-0.2, -0.15) is 0 Å². The summed E-state index contributed by atoms with van der Waals surface area (Å²) in [7, 11) is 0. The highest BCUT2D eigenvalue weighted by molar-refractivity contribution is 5.85. The van der Waals surface area contributed by atoms with Gasteiger partial charge in [0.05, 0.1) is 12.6 Å². The zero-order valence-corrected chi connectivity index (χ0v) is 12.8. The van der Waals surface area contributed by atoms with E-state index in [4.69, 9.17) is 10.5 Å². The number of ether oxygens (including phenoxy) is 1. The van der Waals surface area contributed by atoms with Gasteiger partial charge in [-0.15, -0.1) is 12.4 Å². The first kappa shape index (κ1) is 17.7. The predicted octanol–water partition coefficient (Wildman–Crippen LogP) is 1.81. The maximum absolute atomic E-state index is 11.8. The monoisotopic (exact) mass is 278 g/mol. The maximum atomic E-state index is 11.8. The molecule has 108 valence electrons. The standard InChI is InChI=1S/C13H26N2O2.ClH/c1-5-7-15(12(16)9-14)10-8-11(17-6-2)13(10,3)4;/h10-11H,5-9,14H2,1-4H3;1H. The second kappa shape index (κ2) is 7.31. The third kappa shape index (κ3) is 3.37. The van der Waals surface area contributed by atoms with E-state index in [-0.39, 0.29) is 42.4 Å². The molecule has 2 unspecified atom stereocenters. The molecule has 18 heavy (non-hydrogen) atoms. The minimum Gasteiger partial charge on any atom is -0.378 e. The van der Waals surface area contributed by atoms with Crippen molar-refractivity contribution in [3.05, 3.63) is 0 Å². The van der Waals surface area contributed by atoms with Crippen LogP contribution in [0.25, 0.3) is 0 Å². The van der Waals surface area contributed by atoms with Gasteiger partial charge in [-0.05, 0) is 19.8 Å². The van der Waals surface area contributed by atoms with Crippen molar-refractivity contribution >= 4 is 18.3 Å². The van der Waals surface area contributed by atoms with Crippen LogP contribution in [0.15, 0.2) is 0 Å². The number of halogens is 1. The van der Waals surface area contributed by atoms with Crippen LogP contribution in [0.4, 0.5) is 0 Å². The lowest BCUT2D eigenvalue weighted by atomic mass is 9.63. The van der Waals surface area contributed by atoms with Gasteiger partial charge in [0.15, 0.2) is 0 Å². The van der Waals surface area contributed by atoms with Crippen molar-refractivity contribution in [1.82, 2.24) is 4.90 Å². The van der Waals surface area contributed by atoms with Crippen LogP contribution in [0.2, 0.25) is 0 Å². The second-order valence-electron chi connectivity index (χ2n) is 5.31. The predicted molar refractivity (Wildman–Crippen MR) is 75.9 cm³/mol. The number of amides is 1. The Kier molecular flexibility index (Phi) is 7.18. The Morgan fingerprint density at radius 2 is 2.06 bits per heavy atom. The number of hydrogen-bond donors (Lipinski definition) is 1. The molecule has 0 aromatic heterocycles. The Hall–Kier alpha value is -0.320. The van der Waals surface area contributed by atoms with E-state index in [0.29, 0.717) is 0 Å². The largest absolute Gasteiger partial charge is 0.378 e. The molecule has 0 bridgehead atoms. The SMILES string of the molecule is CCCN(C(=O)CN)C1CC(OCC)C1(C)C.Cl. The van der Waals surface area contributed by atoms with Gasteiger partial charge in [0.2, 0.25) is 5.91 Å². The molecular weight excluding hydrogens is 252 g/mol. The third-order valence-corrected chi connectivity index (χ3v) is 3.83. The summed E-state index contributed by atoms with van der Waals surface area (Å²) in [5.41, 5.74) is 5.52. The molecular formula is C13H27ClN2O2. The highest BCUT2D eigenvalue weighted by Crippen LogP contribution is 2.45. The fourth-order valence-electron chi connectivity index (χ4n) is 2.69. The van der Waals surface area contributed by atoms with Crippen LogP contribution < -0.4 is 5.73 Å². The summed E-state index contributed by atoms with van der Waals surface area (Å²) in [6.45, 7) is 10.1. The number of nitrogens with two attached hydrogens (primary N) is 1. The first-order chi connectivity index (χ1) is 7.98. The van der Waals surface area contributed by atoms with Crippen LogP contribution in [-0.2, 0) is 9.53 Å². The summed E-state index contributed by atoms with van der Waals surface area (Å²) in [4.78, 5) is 13.8. The lowest BCUT2D eigenvalue weighted by molar-refractivity contribution is -0.166. The molecule has 0 heterocycles. The Morgan fingerprint density at radius 1 is 1.44 bits per heavy atom. The molecule has 0 radical (unpaired) electrons. The smallest absolute Gasteiger partial charge is 0.236 e. The van der Waals surface area contributed by atoms with Crippen LogP contribution in [0.5, 0.6) is 0 Å². The van der Waals surface area contributed by atoms with Crippen LogP contribution in [-0.4, -0.2) is 42.6 Å². The minimum absolute atomic E-state index is 0. The van der Waals surface area contributed by atoms with Gasteiger partial charge in [-0.25, -0.2) is 0 Å². The molecule has 2 atom stereocenters. The fourth-order valence-corrected chi connectivity index (χ4v) is 2.69. The summed E-state index contributed by atoms with van der Waals surface area (Å²) in [5.74, 6) is 0.0554. The first-order valence-electron chi connectivity index (χ1n) is 6.60. The van der Waals surface area contributed by atoms with E-state index in [2.05, 4.69) is 20.8 Å². The zero-order chi connectivity index (χ0) is 13.1. The Morgan fingerprint density at radius 3 is 2.44 bits per heavy atom. The summed E-state index contributed by atoms with van der Waals surface area (Å²) < 4.78 is 5.70. The van der Waals surface area contributed by atoms with Gasteiger partial charge in [0.25, 0.3) is 0 Å². The second-order valence-corrected chi connectivity index (χ2v) is 5.31. The van der Waals surface area contributed by atoms with E-state index < -0.39 is 0 Å². The Labute approximate surface area is 117 Å². The summed E-state index contributed by atoms with van der Waals surface area (Å²) >= 11 is 0. The molecule has 1 amide bonds. The molecule has 1 aliphatic rings. The summed E-state index contributed by atoms with van der Waals surface area (Å²) in [6, 6.07) is 0.273. The van der Waals surface area contributed by atoms with Gasteiger partial charge in [-0.3, -0.25) is 4.79 Å². The van der Waals surface area contributed by atoms with Crippen LogP contribution >= 0.6 is 12.4 Å². The van der Waals surface area contributed by atoms with Gasteiger partial charge in [0, 0.05) is 24.6 Å². The van der Waals surface area contributed by atoms with Gasteiger partial charge in [0.1, 0.15) is 0 Å². The van der Waals surface area contributed by atoms with Crippen molar-refractivity contribution in [3.63, 3.8) is 0 Å². The molecule has 2 N–H and O–H groups in total. The number of rotatable bonds is 6. The van der Waals surface area contributed by atoms with Crippen molar-refractivity contribution in [2.24, 2.45) is 11.1 Å².